The number of pyridine rings is 1. The number of nitrogens with zero attached hydrogens (tertiary/aromatic N) is 4. The third-order valence-corrected chi connectivity index (χ3v) is 4.74. The summed E-state index contributed by atoms with van der Waals surface area (Å²) in [6.07, 6.45) is 3.98. The van der Waals surface area contributed by atoms with Gasteiger partial charge in [0.15, 0.2) is 0 Å². The van der Waals surface area contributed by atoms with E-state index in [2.05, 4.69) is 30.0 Å². The topological polar surface area (TPSA) is 63.3 Å². The summed E-state index contributed by atoms with van der Waals surface area (Å²) in [6.45, 7) is 5.86. The van der Waals surface area contributed by atoms with Gasteiger partial charge in [0.25, 0.3) is 5.56 Å². The third-order valence-electron chi connectivity index (χ3n) is 4.74. The maximum absolute atomic E-state index is 11.9. The molecule has 0 radical (unpaired) electrons. The van der Waals surface area contributed by atoms with E-state index in [4.69, 9.17) is 0 Å². The van der Waals surface area contributed by atoms with Gasteiger partial charge >= 0.3 is 0 Å². The first-order valence-electron chi connectivity index (χ1n) is 8.07. The molecule has 3 rings (SSSR count). The highest BCUT2D eigenvalue weighted by Gasteiger charge is 2.35. The molecule has 6 heteroatoms. The van der Waals surface area contributed by atoms with Crippen molar-refractivity contribution < 1.29 is 5.11 Å². The Kier molecular flexibility index (Phi) is 4.26. The first-order chi connectivity index (χ1) is 11.0. The largest absolute Gasteiger partial charge is 0.396 e. The van der Waals surface area contributed by atoms with Gasteiger partial charge in [0, 0.05) is 56.9 Å². The lowest BCUT2D eigenvalue weighted by atomic mass is 9.92. The molecule has 0 aromatic carbocycles. The molecule has 0 amide bonds. The summed E-state index contributed by atoms with van der Waals surface area (Å²) in [5, 5.41) is 14.2. The van der Waals surface area contributed by atoms with E-state index in [0.29, 0.717) is 6.04 Å². The molecule has 1 saturated heterocycles. The molecule has 2 atom stereocenters. The predicted molar refractivity (Wildman–Crippen MR) is 89.8 cm³/mol. The maximum Gasteiger partial charge on any atom is 0.251 e. The molecule has 0 unspecified atom stereocenters. The Morgan fingerprint density at radius 3 is 2.78 bits per heavy atom. The highest BCUT2D eigenvalue weighted by atomic mass is 16.3. The summed E-state index contributed by atoms with van der Waals surface area (Å²) in [5.74, 6) is 1.27. The number of aliphatic hydroxyl groups excluding tert-OH is 1. The van der Waals surface area contributed by atoms with Crippen LogP contribution in [0.2, 0.25) is 0 Å². The first kappa shape index (κ1) is 15.8. The molecule has 1 aliphatic heterocycles. The second kappa shape index (κ2) is 6.20. The molecule has 0 saturated carbocycles. The van der Waals surface area contributed by atoms with Gasteiger partial charge in [-0.2, -0.15) is 5.10 Å². The Morgan fingerprint density at radius 1 is 1.35 bits per heavy atom. The van der Waals surface area contributed by atoms with Crippen LogP contribution in [0, 0.1) is 5.92 Å². The van der Waals surface area contributed by atoms with Crippen molar-refractivity contribution in [1.82, 2.24) is 14.3 Å². The minimum absolute atomic E-state index is 0.0147. The van der Waals surface area contributed by atoms with E-state index in [1.165, 1.54) is 0 Å². The highest BCUT2D eigenvalue weighted by Crippen LogP contribution is 2.34. The summed E-state index contributed by atoms with van der Waals surface area (Å²) < 4.78 is 3.61. The molecule has 124 valence electrons. The van der Waals surface area contributed by atoms with Crippen LogP contribution in [0.1, 0.15) is 31.4 Å². The summed E-state index contributed by atoms with van der Waals surface area (Å²) >= 11 is 0. The predicted octanol–water partition coefficient (Wildman–Crippen LogP) is 1.38. The Labute approximate surface area is 136 Å². The molecular formula is C17H24N4O2. The zero-order valence-electron chi connectivity index (χ0n) is 13.9. The van der Waals surface area contributed by atoms with Gasteiger partial charge < -0.3 is 10.0 Å². The molecule has 1 aliphatic rings. The lowest BCUT2D eigenvalue weighted by Crippen LogP contribution is -2.28. The summed E-state index contributed by atoms with van der Waals surface area (Å²) in [6, 6.07) is 5.63. The lowest BCUT2D eigenvalue weighted by molar-refractivity contribution is 0.227. The van der Waals surface area contributed by atoms with Crippen molar-refractivity contribution >= 4 is 5.82 Å². The number of rotatable bonds is 4. The van der Waals surface area contributed by atoms with Gasteiger partial charge in [-0.25, -0.2) is 0 Å². The van der Waals surface area contributed by atoms with Crippen LogP contribution in [0.5, 0.6) is 0 Å². The van der Waals surface area contributed by atoms with E-state index in [0.717, 1.165) is 24.5 Å². The minimum atomic E-state index is -0.0147. The molecule has 0 spiro atoms. The van der Waals surface area contributed by atoms with Crippen LogP contribution < -0.4 is 10.5 Å². The van der Waals surface area contributed by atoms with Gasteiger partial charge in [-0.1, -0.05) is 6.07 Å². The number of hydrogen-bond acceptors (Lipinski definition) is 4. The second-order valence-corrected chi connectivity index (χ2v) is 6.58. The lowest BCUT2D eigenvalue weighted by Gasteiger charge is -2.21. The average Bonchev–Trinajstić information content (AvgIpc) is 3.16. The Hall–Kier alpha value is -2.08. The number of aliphatic hydroxyl groups is 1. The van der Waals surface area contributed by atoms with Crippen molar-refractivity contribution in [2.75, 3.05) is 24.6 Å². The van der Waals surface area contributed by atoms with Crippen molar-refractivity contribution in [3.63, 3.8) is 0 Å². The third kappa shape index (κ3) is 2.91. The van der Waals surface area contributed by atoms with Gasteiger partial charge in [0.1, 0.15) is 5.82 Å². The van der Waals surface area contributed by atoms with Crippen LogP contribution in [0.3, 0.4) is 0 Å². The standard InChI is InChI=1S/C17H24N4O2/c1-12(2)21-9-13(7-18-21)15-10-20(8-14(15)11-22)16-5-4-6-17(23)19(16)3/h4-7,9,12,14-15,22H,8,10-11H2,1-3H3/t14-,15-/m0/s1. The SMILES string of the molecule is CC(C)n1cc([C@@H]2CN(c3cccc(=O)n3C)C[C@H]2CO)cn1. The molecule has 1 N–H and O–H groups in total. The van der Waals surface area contributed by atoms with Gasteiger partial charge in [-0.05, 0) is 25.5 Å². The van der Waals surface area contributed by atoms with E-state index in [1.54, 1.807) is 23.7 Å². The van der Waals surface area contributed by atoms with Crippen molar-refractivity contribution in [1.29, 1.82) is 0 Å². The van der Waals surface area contributed by atoms with Gasteiger partial charge in [-0.3, -0.25) is 14.0 Å². The number of aromatic nitrogens is 3. The normalized spacial score (nSPS) is 21.3. The summed E-state index contributed by atoms with van der Waals surface area (Å²) in [4.78, 5) is 14.0. The number of hydrogen-bond donors (Lipinski definition) is 1. The first-order valence-corrected chi connectivity index (χ1v) is 8.07. The van der Waals surface area contributed by atoms with Crippen molar-refractivity contribution in [3.8, 4) is 0 Å². The smallest absolute Gasteiger partial charge is 0.251 e. The van der Waals surface area contributed by atoms with Crippen LogP contribution in [-0.4, -0.2) is 39.2 Å². The van der Waals surface area contributed by atoms with E-state index in [-0.39, 0.29) is 24.0 Å². The molecule has 3 heterocycles. The maximum atomic E-state index is 11.9. The fourth-order valence-corrected chi connectivity index (χ4v) is 3.32. The molecule has 0 bridgehead atoms. The Bertz CT molecular complexity index is 734. The molecule has 2 aromatic heterocycles. The van der Waals surface area contributed by atoms with Crippen molar-refractivity contribution in [2.45, 2.75) is 25.8 Å². The van der Waals surface area contributed by atoms with Crippen LogP contribution in [-0.2, 0) is 7.05 Å². The monoisotopic (exact) mass is 316 g/mol. The highest BCUT2D eigenvalue weighted by molar-refractivity contribution is 5.43. The van der Waals surface area contributed by atoms with E-state index >= 15 is 0 Å². The van der Waals surface area contributed by atoms with Crippen LogP contribution >= 0.6 is 0 Å². The molecule has 1 fully saturated rings. The minimum Gasteiger partial charge on any atom is -0.396 e. The number of anilines is 1. The summed E-state index contributed by atoms with van der Waals surface area (Å²) in [5.41, 5.74) is 1.14. The van der Waals surface area contributed by atoms with Crippen LogP contribution in [0.15, 0.2) is 35.4 Å². The van der Waals surface area contributed by atoms with E-state index in [1.807, 2.05) is 16.9 Å². The molecule has 0 aliphatic carbocycles. The van der Waals surface area contributed by atoms with Crippen LogP contribution in [0.4, 0.5) is 5.82 Å². The zero-order chi connectivity index (χ0) is 16.6. The molecule has 6 nitrogen and oxygen atoms in total. The van der Waals surface area contributed by atoms with E-state index < -0.39 is 0 Å². The molecule has 2 aromatic rings. The van der Waals surface area contributed by atoms with E-state index in [9.17, 15) is 9.90 Å². The van der Waals surface area contributed by atoms with Crippen molar-refractivity contribution in [2.24, 2.45) is 13.0 Å². The van der Waals surface area contributed by atoms with Gasteiger partial charge in [-0.15, -0.1) is 0 Å². The molecular weight excluding hydrogens is 292 g/mol. The zero-order valence-corrected chi connectivity index (χ0v) is 13.9. The average molecular weight is 316 g/mol. The molecule has 23 heavy (non-hydrogen) atoms. The second-order valence-electron chi connectivity index (χ2n) is 6.58. The fraction of sp³-hybridized carbons (Fsp3) is 0.529. The summed E-state index contributed by atoms with van der Waals surface area (Å²) in [7, 11) is 1.79. The van der Waals surface area contributed by atoms with Crippen LogP contribution in [0.25, 0.3) is 0 Å². The Balaban J connectivity index is 1.88. The quantitative estimate of drug-likeness (QED) is 0.925. The Morgan fingerprint density at radius 2 is 2.13 bits per heavy atom. The van der Waals surface area contributed by atoms with Gasteiger partial charge in [0.2, 0.25) is 0 Å². The van der Waals surface area contributed by atoms with Crippen molar-refractivity contribution in [3.05, 3.63) is 46.5 Å². The van der Waals surface area contributed by atoms with Gasteiger partial charge in [0.05, 0.1) is 6.20 Å². The fourth-order valence-electron chi connectivity index (χ4n) is 3.32.